The van der Waals surface area contributed by atoms with E-state index in [0.29, 0.717) is 5.88 Å². The Morgan fingerprint density at radius 2 is 1.94 bits per heavy atom. The Kier molecular flexibility index (Phi) is 3.86. The lowest BCUT2D eigenvalue weighted by atomic mass is 9.88. The predicted molar refractivity (Wildman–Crippen MR) is 78.5 cm³/mol. The minimum absolute atomic E-state index is 0.0673. The normalized spacial score (nSPS) is 18.9. The molecule has 0 atom stereocenters. The first kappa shape index (κ1) is 13.7. The molecule has 2 rings (SSSR count). The third kappa shape index (κ3) is 2.97. The predicted octanol–water partition coefficient (Wildman–Crippen LogP) is 4.34. The van der Waals surface area contributed by atoms with Crippen LogP contribution in [0.4, 0.5) is 5.82 Å². The van der Waals surface area contributed by atoms with Crippen molar-refractivity contribution < 1.29 is 0 Å². The van der Waals surface area contributed by atoms with Crippen LogP contribution < -0.4 is 5.32 Å². The molecule has 0 unspecified atom stereocenters. The lowest BCUT2D eigenvalue weighted by Crippen LogP contribution is -2.37. The number of nitrogens with zero attached hydrogens (tertiary/aromatic N) is 1. The fraction of sp³-hybridized carbons (Fsp3) is 0.667. The molecular weight excluding hydrogens is 244 g/mol. The SMILES string of the molecule is CC(C)(C)c1ccc(NC2(CCl)CCCC2)nc1. The van der Waals surface area contributed by atoms with E-state index < -0.39 is 0 Å². The van der Waals surface area contributed by atoms with Crippen molar-refractivity contribution in [3.05, 3.63) is 23.9 Å². The Balaban J connectivity index is 2.11. The van der Waals surface area contributed by atoms with Gasteiger partial charge in [-0.15, -0.1) is 11.6 Å². The second-order valence-corrected chi connectivity index (χ2v) is 6.70. The van der Waals surface area contributed by atoms with E-state index in [4.69, 9.17) is 11.6 Å². The van der Waals surface area contributed by atoms with E-state index in [1.165, 1.54) is 18.4 Å². The lowest BCUT2D eigenvalue weighted by Gasteiger charge is -2.29. The number of pyridine rings is 1. The van der Waals surface area contributed by atoms with Gasteiger partial charge in [0.15, 0.2) is 0 Å². The van der Waals surface area contributed by atoms with Gasteiger partial charge in [-0.2, -0.15) is 0 Å². The molecule has 1 aromatic rings. The van der Waals surface area contributed by atoms with Gasteiger partial charge >= 0.3 is 0 Å². The molecule has 1 aromatic heterocycles. The summed E-state index contributed by atoms with van der Waals surface area (Å²) in [5.41, 5.74) is 1.49. The average molecular weight is 267 g/mol. The quantitative estimate of drug-likeness (QED) is 0.823. The van der Waals surface area contributed by atoms with Crippen molar-refractivity contribution in [1.82, 2.24) is 4.98 Å². The van der Waals surface area contributed by atoms with Crippen LogP contribution in [0, 0.1) is 0 Å². The smallest absolute Gasteiger partial charge is 0.126 e. The highest BCUT2D eigenvalue weighted by Crippen LogP contribution is 2.34. The first-order valence-corrected chi connectivity index (χ1v) is 7.29. The molecular formula is C15H23ClN2. The Morgan fingerprint density at radius 1 is 1.28 bits per heavy atom. The molecule has 100 valence electrons. The van der Waals surface area contributed by atoms with E-state index in [9.17, 15) is 0 Å². The van der Waals surface area contributed by atoms with Crippen LogP contribution >= 0.6 is 11.6 Å². The van der Waals surface area contributed by atoms with Gasteiger partial charge in [-0.25, -0.2) is 4.98 Å². The van der Waals surface area contributed by atoms with E-state index in [1.54, 1.807) is 0 Å². The highest BCUT2D eigenvalue weighted by molar-refractivity contribution is 6.18. The first-order chi connectivity index (χ1) is 8.45. The van der Waals surface area contributed by atoms with E-state index in [0.717, 1.165) is 18.7 Å². The highest BCUT2D eigenvalue weighted by Gasteiger charge is 2.33. The van der Waals surface area contributed by atoms with Crippen molar-refractivity contribution in [2.45, 2.75) is 57.4 Å². The Bertz CT molecular complexity index is 386. The summed E-state index contributed by atoms with van der Waals surface area (Å²) < 4.78 is 0. The van der Waals surface area contributed by atoms with Gasteiger partial charge in [-0.3, -0.25) is 0 Å². The topological polar surface area (TPSA) is 24.9 Å². The molecule has 1 heterocycles. The molecule has 1 aliphatic carbocycles. The van der Waals surface area contributed by atoms with E-state index >= 15 is 0 Å². The molecule has 2 nitrogen and oxygen atoms in total. The molecule has 18 heavy (non-hydrogen) atoms. The summed E-state index contributed by atoms with van der Waals surface area (Å²) in [5, 5.41) is 3.54. The number of hydrogen-bond donors (Lipinski definition) is 1. The summed E-state index contributed by atoms with van der Waals surface area (Å²) in [7, 11) is 0. The largest absolute Gasteiger partial charge is 0.363 e. The number of rotatable bonds is 3. The maximum Gasteiger partial charge on any atom is 0.126 e. The molecule has 1 fully saturated rings. The Labute approximate surface area is 115 Å². The summed E-state index contributed by atoms with van der Waals surface area (Å²) in [4.78, 5) is 4.53. The highest BCUT2D eigenvalue weighted by atomic mass is 35.5. The molecule has 0 saturated heterocycles. The zero-order valence-electron chi connectivity index (χ0n) is 11.6. The summed E-state index contributed by atoms with van der Waals surface area (Å²) in [6.07, 6.45) is 6.80. The zero-order valence-corrected chi connectivity index (χ0v) is 12.3. The molecule has 1 saturated carbocycles. The maximum absolute atomic E-state index is 6.13. The molecule has 0 bridgehead atoms. The van der Waals surface area contributed by atoms with Gasteiger partial charge in [0.2, 0.25) is 0 Å². The summed E-state index contributed by atoms with van der Waals surface area (Å²) >= 11 is 6.13. The van der Waals surface area contributed by atoms with Gasteiger partial charge in [-0.05, 0) is 29.9 Å². The fourth-order valence-electron chi connectivity index (χ4n) is 2.53. The maximum atomic E-state index is 6.13. The van der Waals surface area contributed by atoms with Crippen LogP contribution in [0.5, 0.6) is 0 Å². The van der Waals surface area contributed by atoms with E-state index in [1.807, 2.05) is 6.20 Å². The number of alkyl halides is 1. The van der Waals surface area contributed by atoms with E-state index in [2.05, 4.69) is 43.2 Å². The summed E-state index contributed by atoms with van der Waals surface area (Å²) in [6.45, 7) is 6.61. The number of hydrogen-bond acceptors (Lipinski definition) is 2. The van der Waals surface area contributed by atoms with Gasteiger partial charge in [0.05, 0.1) is 5.54 Å². The van der Waals surface area contributed by atoms with Crippen molar-refractivity contribution in [3.63, 3.8) is 0 Å². The standard InChI is InChI=1S/C15H23ClN2/c1-14(2,3)12-6-7-13(17-10-12)18-15(11-16)8-4-5-9-15/h6-7,10H,4-5,8-9,11H2,1-3H3,(H,17,18). The molecule has 0 aromatic carbocycles. The fourth-order valence-corrected chi connectivity index (χ4v) is 2.86. The minimum atomic E-state index is 0.0673. The monoisotopic (exact) mass is 266 g/mol. The van der Waals surface area contributed by atoms with Crippen LogP contribution in [0.25, 0.3) is 0 Å². The number of halogens is 1. The number of nitrogens with one attached hydrogen (secondary N) is 1. The molecule has 1 N–H and O–H groups in total. The van der Waals surface area contributed by atoms with Crippen LogP contribution in [0.3, 0.4) is 0 Å². The minimum Gasteiger partial charge on any atom is -0.363 e. The van der Waals surface area contributed by atoms with Crippen molar-refractivity contribution in [3.8, 4) is 0 Å². The molecule has 0 aliphatic heterocycles. The van der Waals surface area contributed by atoms with E-state index in [-0.39, 0.29) is 11.0 Å². The Hall–Kier alpha value is -0.760. The van der Waals surface area contributed by atoms with Gasteiger partial charge in [0.25, 0.3) is 0 Å². The third-order valence-electron chi connectivity index (χ3n) is 3.84. The van der Waals surface area contributed by atoms with Gasteiger partial charge in [-0.1, -0.05) is 39.7 Å². The van der Waals surface area contributed by atoms with Gasteiger partial charge < -0.3 is 5.32 Å². The van der Waals surface area contributed by atoms with Crippen LogP contribution in [0.15, 0.2) is 18.3 Å². The van der Waals surface area contributed by atoms with Crippen LogP contribution in [0.1, 0.15) is 52.0 Å². The van der Waals surface area contributed by atoms with Crippen LogP contribution in [-0.4, -0.2) is 16.4 Å². The van der Waals surface area contributed by atoms with Gasteiger partial charge in [0.1, 0.15) is 5.82 Å². The van der Waals surface area contributed by atoms with Crippen molar-refractivity contribution >= 4 is 17.4 Å². The number of aromatic nitrogens is 1. The zero-order chi connectivity index (χ0) is 13.2. The summed E-state index contributed by atoms with van der Waals surface area (Å²) in [6, 6.07) is 4.24. The average Bonchev–Trinajstić information content (AvgIpc) is 2.78. The molecule has 1 aliphatic rings. The molecule has 0 amide bonds. The number of anilines is 1. The second kappa shape index (κ2) is 5.08. The summed E-state index contributed by atoms with van der Waals surface area (Å²) in [5.74, 6) is 1.61. The van der Waals surface area contributed by atoms with Crippen molar-refractivity contribution in [1.29, 1.82) is 0 Å². The molecule has 0 radical (unpaired) electrons. The lowest BCUT2D eigenvalue weighted by molar-refractivity contribution is 0.537. The van der Waals surface area contributed by atoms with Crippen molar-refractivity contribution in [2.75, 3.05) is 11.2 Å². The van der Waals surface area contributed by atoms with Crippen LogP contribution in [-0.2, 0) is 5.41 Å². The van der Waals surface area contributed by atoms with Crippen LogP contribution in [0.2, 0.25) is 0 Å². The van der Waals surface area contributed by atoms with Crippen molar-refractivity contribution in [2.24, 2.45) is 0 Å². The molecule has 0 spiro atoms. The second-order valence-electron chi connectivity index (χ2n) is 6.43. The molecule has 3 heteroatoms. The first-order valence-electron chi connectivity index (χ1n) is 6.76. The Morgan fingerprint density at radius 3 is 2.39 bits per heavy atom. The third-order valence-corrected chi connectivity index (χ3v) is 4.35. The van der Waals surface area contributed by atoms with Gasteiger partial charge in [0, 0.05) is 12.1 Å².